The molecule has 1 unspecified atom stereocenters. The van der Waals surface area contributed by atoms with Gasteiger partial charge >= 0.3 is 0 Å². The third-order valence-corrected chi connectivity index (χ3v) is 3.41. The fourth-order valence-electron chi connectivity index (χ4n) is 2.25. The van der Waals surface area contributed by atoms with Crippen LogP contribution < -0.4 is 4.74 Å². The van der Waals surface area contributed by atoms with Crippen LogP contribution in [-0.2, 0) is 4.74 Å². The molecule has 0 aliphatic carbocycles. The molecule has 0 radical (unpaired) electrons. The van der Waals surface area contributed by atoms with Crippen LogP contribution in [0.3, 0.4) is 0 Å². The third-order valence-electron chi connectivity index (χ3n) is 3.41. The van der Waals surface area contributed by atoms with E-state index in [1.54, 1.807) is 0 Å². The quantitative estimate of drug-likeness (QED) is 0.812. The monoisotopic (exact) mass is 260 g/mol. The molecule has 1 saturated heterocycles. The molecular formula is C15H20N2O2. The molecule has 1 aromatic rings. The molecule has 1 aromatic carbocycles. The molecule has 0 spiro atoms. The number of hydrogen-bond donors (Lipinski definition) is 0. The van der Waals surface area contributed by atoms with Crippen molar-refractivity contribution in [3.63, 3.8) is 0 Å². The van der Waals surface area contributed by atoms with Crippen LogP contribution in [0, 0.1) is 18.3 Å². The Kier molecular flexibility index (Phi) is 5.20. The summed E-state index contributed by atoms with van der Waals surface area (Å²) in [6, 6.07) is 10.4. The van der Waals surface area contributed by atoms with Crippen molar-refractivity contribution >= 4 is 0 Å². The number of morpholine rings is 1. The van der Waals surface area contributed by atoms with Crippen LogP contribution in [0.2, 0.25) is 0 Å². The number of nitrogens with zero attached hydrogens (tertiary/aromatic N) is 2. The molecule has 2 rings (SSSR count). The molecule has 4 nitrogen and oxygen atoms in total. The van der Waals surface area contributed by atoms with Crippen LogP contribution in [0.5, 0.6) is 5.75 Å². The first-order chi connectivity index (χ1) is 9.31. The first-order valence-corrected chi connectivity index (χ1v) is 6.68. The molecule has 1 aliphatic rings. The lowest BCUT2D eigenvalue weighted by atomic mass is 10.2. The highest BCUT2D eigenvalue weighted by atomic mass is 16.5. The average molecular weight is 260 g/mol. The van der Waals surface area contributed by atoms with Crippen molar-refractivity contribution in [1.82, 2.24) is 4.90 Å². The van der Waals surface area contributed by atoms with Crippen molar-refractivity contribution in [3.8, 4) is 11.8 Å². The lowest BCUT2D eigenvalue weighted by Gasteiger charge is -2.33. The summed E-state index contributed by atoms with van der Waals surface area (Å²) in [5.74, 6) is 0.902. The molecule has 0 saturated carbocycles. The summed E-state index contributed by atoms with van der Waals surface area (Å²) in [4.78, 5) is 2.28. The zero-order chi connectivity index (χ0) is 13.5. The van der Waals surface area contributed by atoms with Gasteiger partial charge in [-0.1, -0.05) is 18.2 Å². The van der Waals surface area contributed by atoms with Gasteiger partial charge in [0.15, 0.2) is 0 Å². The average Bonchev–Trinajstić information content (AvgIpc) is 2.46. The fourth-order valence-corrected chi connectivity index (χ4v) is 2.25. The van der Waals surface area contributed by atoms with Crippen molar-refractivity contribution in [3.05, 3.63) is 29.8 Å². The summed E-state index contributed by atoms with van der Waals surface area (Å²) in [5, 5.41) is 8.96. The van der Waals surface area contributed by atoms with Gasteiger partial charge in [-0.15, -0.1) is 0 Å². The van der Waals surface area contributed by atoms with E-state index in [1.165, 1.54) is 0 Å². The highest BCUT2D eigenvalue weighted by molar-refractivity contribution is 5.31. The summed E-state index contributed by atoms with van der Waals surface area (Å²) in [5.41, 5.74) is 1.13. The van der Waals surface area contributed by atoms with E-state index >= 15 is 0 Å². The molecule has 1 fully saturated rings. The number of ether oxygens (including phenoxy) is 2. The molecule has 19 heavy (non-hydrogen) atoms. The molecule has 0 N–H and O–H groups in total. The predicted octanol–water partition coefficient (Wildman–Crippen LogP) is 1.99. The minimum absolute atomic E-state index is 0.147. The second-order valence-corrected chi connectivity index (χ2v) is 4.74. The van der Waals surface area contributed by atoms with Crippen molar-refractivity contribution in [2.75, 3.05) is 32.9 Å². The van der Waals surface area contributed by atoms with Gasteiger partial charge in [-0.25, -0.2) is 0 Å². The summed E-state index contributed by atoms with van der Waals surface area (Å²) >= 11 is 0. The van der Waals surface area contributed by atoms with E-state index in [1.807, 2.05) is 31.2 Å². The molecule has 0 bridgehead atoms. The van der Waals surface area contributed by atoms with Crippen molar-refractivity contribution in [2.24, 2.45) is 0 Å². The Morgan fingerprint density at radius 3 is 2.79 bits per heavy atom. The Hall–Kier alpha value is -1.57. The minimum Gasteiger partial charge on any atom is -0.492 e. The highest BCUT2D eigenvalue weighted by Gasteiger charge is 2.21. The molecule has 0 amide bonds. The van der Waals surface area contributed by atoms with E-state index in [-0.39, 0.29) is 6.04 Å². The van der Waals surface area contributed by atoms with Crippen LogP contribution in [-0.4, -0.2) is 43.9 Å². The topological polar surface area (TPSA) is 45.5 Å². The van der Waals surface area contributed by atoms with E-state index in [0.29, 0.717) is 13.0 Å². The maximum atomic E-state index is 8.96. The number of rotatable bonds is 5. The number of hydrogen-bond acceptors (Lipinski definition) is 4. The van der Waals surface area contributed by atoms with Gasteiger partial charge in [0.2, 0.25) is 0 Å². The molecule has 0 aromatic heterocycles. The second-order valence-electron chi connectivity index (χ2n) is 4.74. The van der Waals surface area contributed by atoms with Gasteiger partial charge in [-0.05, 0) is 18.6 Å². The third kappa shape index (κ3) is 3.95. The first-order valence-electron chi connectivity index (χ1n) is 6.68. The summed E-state index contributed by atoms with van der Waals surface area (Å²) in [7, 11) is 0. The van der Waals surface area contributed by atoms with E-state index < -0.39 is 0 Å². The zero-order valence-electron chi connectivity index (χ0n) is 11.3. The van der Waals surface area contributed by atoms with E-state index in [4.69, 9.17) is 14.7 Å². The predicted molar refractivity (Wildman–Crippen MR) is 73.1 cm³/mol. The molecular weight excluding hydrogens is 240 g/mol. The lowest BCUT2D eigenvalue weighted by molar-refractivity contribution is 0.00710. The van der Waals surface area contributed by atoms with Gasteiger partial charge in [-0.2, -0.15) is 5.26 Å². The summed E-state index contributed by atoms with van der Waals surface area (Å²) < 4.78 is 11.2. The molecule has 4 heteroatoms. The second kappa shape index (κ2) is 7.13. The SMILES string of the molecule is Cc1ccccc1OCC(CC#N)N1CCOCC1. The number of nitriles is 1. The van der Waals surface area contributed by atoms with Crippen LogP contribution in [0.15, 0.2) is 24.3 Å². The van der Waals surface area contributed by atoms with Crippen LogP contribution in [0.4, 0.5) is 0 Å². The Bertz CT molecular complexity index is 436. The Labute approximate surface area is 114 Å². The van der Waals surface area contributed by atoms with Crippen LogP contribution in [0.25, 0.3) is 0 Å². The van der Waals surface area contributed by atoms with Gasteiger partial charge < -0.3 is 9.47 Å². The number of benzene rings is 1. The van der Waals surface area contributed by atoms with Gasteiger partial charge in [0, 0.05) is 13.1 Å². The van der Waals surface area contributed by atoms with E-state index in [9.17, 15) is 0 Å². The lowest BCUT2D eigenvalue weighted by Crippen LogP contribution is -2.46. The van der Waals surface area contributed by atoms with Crippen LogP contribution >= 0.6 is 0 Å². The van der Waals surface area contributed by atoms with Crippen molar-refractivity contribution in [2.45, 2.75) is 19.4 Å². The van der Waals surface area contributed by atoms with E-state index in [2.05, 4.69) is 11.0 Å². The molecule has 1 heterocycles. The van der Waals surface area contributed by atoms with Crippen molar-refractivity contribution < 1.29 is 9.47 Å². The van der Waals surface area contributed by atoms with Gasteiger partial charge in [0.1, 0.15) is 12.4 Å². The molecule has 1 atom stereocenters. The normalized spacial score (nSPS) is 17.7. The maximum Gasteiger partial charge on any atom is 0.122 e. The zero-order valence-corrected chi connectivity index (χ0v) is 11.3. The molecule has 102 valence electrons. The Morgan fingerprint density at radius 1 is 1.37 bits per heavy atom. The fraction of sp³-hybridized carbons (Fsp3) is 0.533. The smallest absolute Gasteiger partial charge is 0.122 e. The standard InChI is InChI=1S/C15H20N2O2/c1-13-4-2-3-5-15(13)19-12-14(6-7-16)17-8-10-18-11-9-17/h2-5,14H,6,8-12H2,1H3. The van der Waals surface area contributed by atoms with Crippen LogP contribution in [0.1, 0.15) is 12.0 Å². The Morgan fingerprint density at radius 2 is 2.11 bits per heavy atom. The minimum atomic E-state index is 0.147. The Balaban J connectivity index is 1.93. The largest absolute Gasteiger partial charge is 0.492 e. The van der Waals surface area contributed by atoms with Crippen molar-refractivity contribution in [1.29, 1.82) is 5.26 Å². The number of aryl methyl sites for hydroxylation is 1. The molecule has 1 aliphatic heterocycles. The number of para-hydroxylation sites is 1. The summed E-state index contributed by atoms with van der Waals surface area (Å²) in [6.07, 6.45) is 0.492. The van der Waals surface area contributed by atoms with E-state index in [0.717, 1.165) is 37.6 Å². The van der Waals surface area contributed by atoms with Gasteiger partial charge in [-0.3, -0.25) is 4.90 Å². The first kappa shape index (κ1) is 13.9. The summed E-state index contributed by atoms with van der Waals surface area (Å²) in [6.45, 7) is 5.83. The maximum absolute atomic E-state index is 8.96. The highest BCUT2D eigenvalue weighted by Crippen LogP contribution is 2.18. The van der Waals surface area contributed by atoms with Gasteiger partial charge in [0.05, 0.1) is 31.7 Å². The van der Waals surface area contributed by atoms with Gasteiger partial charge in [0.25, 0.3) is 0 Å².